The molecule has 0 aliphatic carbocycles. The fraction of sp³-hybridized carbons (Fsp3) is 0.375. The number of hydrogen-bond acceptors (Lipinski definition) is 3. The largest absolute Gasteiger partial charge is 0.391 e. The van der Waals surface area contributed by atoms with Gasteiger partial charge in [0.15, 0.2) is 5.69 Å². The first-order valence-electron chi connectivity index (χ1n) is 7.24. The minimum atomic E-state index is -0.417. The molecule has 0 saturated carbocycles. The van der Waals surface area contributed by atoms with Crippen LogP contribution in [0.5, 0.6) is 0 Å². The number of para-hydroxylation sites is 1. The lowest BCUT2D eigenvalue weighted by Crippen LogP contribution is -2.42. The zero-order valence-corrected chi connectivity index (χ0v) is 12.1. The standard InChI is InChI=1S/C16H19N3O2/c1-12-10-15(16(21)18-9-5-8-14(20)11-18)17-19(12)13-6-3-2-4-7-13/h2-4,6-7,10,14,20H,5,8-9,11H2,1H3. The first-order chi connectivity index (χ1) is 10.1. The molecule has 0 bridgehead atoms. The number of carbonyl (C=O) groups excluding carboxylic acids is 1. The Labute approximate surface area is 123 Å². The quantitative estimate of drug-likeness (QED) is 0.915. The minimum absolute atomic E-state index is 0.105. The van der Waals surface area contributed by atoms with Crippen molar-refractivity contribution in [1.82, 2.24) is 14.7 Å². The molecule has 110 valence electrons. The maximum Gasteiger partial charge on any atom is 0.274 e. The van der Waals surface area contributed by atoms with Gasteiger partial charge in [-0.05, 0) is 38.0 Å². The summed E-state index contributed by atoms with van der Waals surface area (Å²) in [5.74, 6) is -0.105. The van der Waals surface area contributed by atoms with E-state index >= 15 is 0 Å². The summed E-state index contributed by atoms with van der Waals surface area (Å²) >= 11 is 0. The molecule has 1 atom stereocenters. The Balaban J connectivity index is 1.85. The van der Waals surface area contributed by atoms with Crippen molar-refractivity contribution >= 4 is 5.91 Å². The fourth-order valence-electron chi connectivity index (χ4n) is 2.71. The highest BCUT2D eigenvalue weighted by atomic mass is 16.3. The van der Waals surface area contributed by atoms with Gasteiger partial charge >= 0.3 is 0 Å². The van der Waals surface area contributed by atoms with Crippen LogP contribution in [0.1, 0.15) is 29.0 Å². The molecule has 2 aromatic rings. The monoisotopic (exact) mass is 285 g/mol. The second kappa shape index (κ2) is 5.69. The number of amides is 1. The van der Waals surface area contributed by atoms with Gasteiger partial charge in [0.05, 0.1) is 11.8 Å². The summed E-state index contributed by atoms with van der Waals surface area (Å²) in [5.41, 5.74) is 2.29. The molecule has 21 heavy (non-hydrogen) atoms. The van der Waals surface area contributed by atoms with Gasteiger partial charge in [-0.15, -0.1) is 0 Å². The van der Waals surface area contributed by atoms with E-state index in [4.69, 9.17) is 0 Å². The van der Waals surface area contributed by atoms with Crippen molar-refractivity contribution in [1.29, 1.82) is 0 Å². The summed E-state index contributed by atoms with van der Waals surface area (Å²) in [6.07, 6.45) is 1.19. The third kappa shape index (κ3) is 2.83. The molecule has 5 heteroatoms. The zero-order valence-electron chi connectivity index (χ0n) is 12.1. The molecular formula is C16H19N3O2. The Kier molecular flexibility index (Phi) is 3.75. The van der Waals surface area contributed by atoms with E-state index in [1.165, 1.54) is 0 Å². The molecule has 1 aromatic heterocycles. The number of aliphatic hydroxyl groups is 1. The number of β-amino-alcohol motifs (C(OH)–C–C–N with tert-alkyl or cyclic N) is 1. The van der Waals surface area contributed by atoms with E-state index in [9.17, 15) is 9.90 Å². The van der Waals surface area contributed by atoms with Crippen LogP contribution in [-0.2, 0) is 0 Å². The Bertz CT molecular complexity index is 636. The number of aryl methyl sites for hydroxylation is 1. The topological polar surface area (TPSA) is 58.4 Å². The molecule has 1 N–H and O–H groups in total. The maximum absolute atomic E-state index is 12.5. The van der Waals surface area contributed by atoms with Crippen molar-refractivity contribution in [2.45, 2.75) is 25.9 Å². The number of rotatable bonds is 2. The van der Waals surface area contributed by atoms with Crippen LogP contribution >= 0.6 is 0 Å². The molecule has 0 spiro atoms. The van der Waals surface area contributed by atoms with Crippen LogP contribution in [-0.4, -0.2) is 44.9 Å². The smallest absolute Gasteiger partial charge is 0.274 e. The molecule has 1 aliphatic heterocycles. The van der Waals surface area contributed by atoms with E-state index < -0.39 is 6.10 Å². The van der Waals surface area contributed by atoms with Crippen LogP contribution in [0.25, 0.3) is 5.69 Å². The van der Waals surface area contributed by atoms with Crippen molar-refractivity contribution in [2.75, 3.05) is 13.1 Å². The highest BCUT2D eigenvalue weighted by Gasteiger charge is 2.25. The lowest BCUT2D eigenvalue weighted by Gasteiger charge is -2.29. The third-order valence-electron chi connectivity index (χ3n) is 3.79. The zero-order chi connectivity index (χ0) is 14.8. The third-order valence-corrected chi connectivity index (χ3v) is 3.79. The Hall–Kier alpha value is -2.14. The second-order valence-corrected chi connectivity index (χ2v) is 5.47. The van der Waals surface area contributed by atoms with Gasteiger partial charge in [-0.3, -0.25) is 4.79 Å². The predicted octanol–water partition coefficient (Wildman–Crippen LogP) is 1.78. The van der Waals surface area contributed by atoms with Crippen molar-refractivity contribution in [2.24, 2.45) is 0 Å². The molecule has 3 rings (SSSR count). The number of nitrogens with zero attached hydrogens (tertiary/aromatic N) is 3. The summed E-state index contributed by atoms with van der Waals surface area (Å²) in [5, 5.41) is 14.1. The SMILES string of the molecule is Cc1cc(C(=O)N2CCCC(O)C2)nn1-c1ccccc1. The minimum Gasteiger partial charge on any atom is -0.391 e. The maximum atomic E-state index is 12.5. The lowest BCUT2D eigenvalue weighted by molar-refractivity contribution is 0.0468. The van der Waals surface area contributed by atoms with Gasteiger partial charge in [-0.25, -0.2) is 4.68 Å². The molecule has 1 unspecified atom stereocenters. The first-order valence-corrected chi connectivity index (χ1v) is 7.24. The van der Waals surface area contributed by atoms with Gasteiger partial charge in [0, 0.05) is 18.8 Å². The number of hydrogen-bond donors (Lipinski definition) is 1. The summed E-state index contributed by atoms with van der Waals surface area (Å²) < 4.78 is 1.77. The molecule has 0 radical (unpaired) electrons. The molecule has 1 saturated heterocycles. The van der Waals surface area contributed by atoms with Gasteiger partial charge in [-0.1, -0.05) is 18.2 Å². The van der Waals surface area contributed by atoms with Crippen molar-refractivity contribution < 1.29 is 9.90 Å². The van der Waals surface area contributed by atoms with Crippen LogP contribution in [0, 0.1) is 6.92 Å². The summed E-state index contributed by atoms with van der Waals surface area (Å²) in [6.45, 7) is 3.02. The van der Waals surface area contributed by atoms with Crippen LogP contribution < -0.4 is 0 Å². The second-order valence-electron chi connectivity index (χ2n) is 5.47. The Morgan fingerprint density at radius 2 is 2.10 bits per heavy atom. The highest BCUT2D eigenvalue weighted by molar-refractivity contribution is 5.92. The molecule has 1 aromatic carbocycles. The van der Waals surface area contributed by atoms with Gasteiger partial charge in [0.25, 0.3) is 5.91 Å². The highest BCUT2D eigenvalue weighted by Crippen LogP contribution is 2.16. The molecule has 2 heterocycles. The van der Waals surface area contributed by atoms with Crippen LogP contribution in [0.3, 0.4) is 0 Å². The first kappa shape index (κ1) is 13.8. The van der Waals surface area contributed by atoms with E-state index in [1.54, 1.807) is 15.6 Å². The van der Waals surface area contributed by atoms with Crippen LogP contribution in [0.2, 0.25) is 0 Å². The summed E-state index contributed by atoms with van der Waals surface area (Å²) in [6, 6.07) is 11.6. The predicted molar refractivity (Wildman–Crippen MR) is 79.4 cm³/mol. The van der Waals surface area contributed by atoms with Gasteiger partial charge in [0.1, 0.15) is 0 Å². The van der Waals surface area contributed by atoms with E-state index in [1.807, 2.05) is 37.3 Å². The molecule has 1 aliphatic rings. The Morgan fingerprint density at radius 1 is 1.33 bits per heavy atom. The van der Waals surface area contributed by atoms with E-state index in [0.29, 0.717) is 18.8 Å². The number of aliphatic hydroxyl groups excluding tert-OH is 1. The van der Waals surface area contributed by atoms with Crippen molar-refractivity contribution in [3.05, 3.63) is 47.8 Å². The number of piperidine rings is 1. The molecular weight excluding hydrogens is 266 g/mol. The molecule has 1 amide bonds. The van der Waals surface area contributed by atoms with Crippen molar-refractivity contribution in [3.63, 3.8) is 0 Å². The van der Waals surface area contributed by atoms with Crippen LogP contribution in [0.15, 0.2) is 36.4 Å². The van der Waals surface area contributed by atoms with Gasteiger partial charge < -0.3 is 10.0 Å². The van der Waals surface area contributed by atoms with Crippen LogP contribution in [0.4, 0.5) is 0 Å². The average Bonchev–Trinajstić information content (AvgIpc) is 2.89. The summed E-state index contributed by atoms with van der Waals surface area (Å²) in [7, 11) is 0. The average molecular weight is 285 g/mol. The fourth-order valence-corrected chi connectivity index (χ4v) is 2.71. The summed E-state index contributed by atoms with van der Waals surface area (Å²) in [4.78, 5) is 14.2. The normalized spacial score (nSPS) is 18.8. The van der Waals surface area contributed by atoms with E-state index in [0.717, 1.165) is 24.2 Å². The van der Waals surface area contributed by atoms with E-state index in [-0.39, 0.29) is 5.91 Å². The van der Waals surface area contributed by atoms with Crippen molar-refractivity contribution in [3.8, 4) is 5.69 Å². The number of likely N-dealkylation sites (tertiary alicyclic amines) is 1. The molecule has 1 fully saturated rings. The number of benzene rings is 1. The van der Waals surface area contributed by atoms with Gasteiger partial charge in [0.2, 0.25) is 0 Å². The molecule has 5 nitrogen and oxygen atoms in total. The lowest BCUT2D eigenvalue weighted by atomic mass is 10.1. The number of aromatic nitrogens is 2. The van der Waals surface area contributed by atoms with E-state index in [2.05, 4.69) is 5.10 Å². The number of carbonyl (C=O) groups is 1. The Morgan fingerprint density at radius 3 is 2.81 bits per heavy atom. The van der Waals surface area contributed by atoms with Gasteiger partial charge in [-0.2, -0.15) is 5.10 Å².